The van der Waals surface area contributed by atoms with E-state index in [9.17, 15) is 33.2 Å². The maximum atomic E-state index is 12.5. The van der Waals surface area contributed by atoms with Crippen LogP contribution in [0.4, 0.5) is 18.9 Å². The number of halogens is 3. The number of aromatic hydroxyl groups is 1. The van der Waals surface area contributed by atoms with Gasteiger partial charge in [-0.1, -0.05) is 18.2 Å². The van der Waals surface area contributed by atoms with Crippen molar-refractivity contribution in [3.8, 4) is 17.2 Å². The zero-order valence-electron chi connectivity index (χ0n) is 12.5. The van der Waals surface area contributed by atoms with Gasteiger partial charge < -0.3 is 14.6 Å². The molecule has 0 radical (unpaired) electrons. The number of nitro benzene ring substituents is 1. The molecular weight excluding hydrogens is 347 g/mol. The second kappa shape index (κ2) is 6.67. The molecule has 2 aromatic rings. The molecule has 1 N–H and O–H groups in total. The molecule has 2 rings (SSSR count). The molecule has 0 amide bonds. The molecule has 0 saturated carbocycles. The van der Waals surface area contributed by atoms with Crippen molar-refractivity contribution in [1.82, 2.24) is 0 Å². The van der Waals surface area contributed by atoms with Crippen LogP contribution in [0.15, 0.2) is 36.4 Å². The maximum absolute atomic E-state index is 12.5. The largest absolute Gasteiger partial charge is 0.573 e. The van der Waals surface area contributed by atoms with Gasteiger partial charge in [-0.2, -0.15) is 0 Å². The minimum Gasteiger partial charge on any atom is -0.499 e. The average molecular weight is 357 g/mol. The van der Waals surface area contributed by atoms with Crippen LogP contribution in [-0.2, 0) is 0 Å². The van der Waals surface area contributed by atoms with Crippen LogP contribution in [0.5, 0.6) is 17.2 Å². The number of phenols is 1. The molecule has 10 heteroatoms. The lowest BCUT2D eigenvalue weighted by atomic mass is 10.1. The molecule has 0 fully saturated rings. The van der Waals surface area contributed by atoms with Gasteiger partial charge in [0.1, 0.15) is 5.75 Å². The number of nitrogens with zero attached hydrogens (tertiary/aromatic N) is 1. The normalized spacial score (nSPS) is 11.0. The number of alkyl halides is 3. The van der Waals surface area contributed by atoms with Crippen molar-refractivity contribution in [2.75, 3.05) is 0 Å². The van der Waals surface area contributed by atoms with Gasteiger partial charge in [-0.15, -0.1) is 13.2 Å². The van der Waals surface area contributed by atoms with E-state index in [2.05, 4.69) is 4.74 Å². The fourth-order valence-electron chi connectivity index (χ4n) is 1.93. The third kappa shape index (κ3) is 4.16. The van der Waals surface area contributed by atoms with Crippen LogP contribution in [-0.4, -0.2) is 22.4 Å². The van der Waals surface area contributed by atoms with Gasteiger partial charge in [0, 0.05) is 5.56 Å². The molecular formula is C15H10F3NO6. The van der Waals surface area contributed by atoms with Gasteiger partial charge in [-0.25, -0.2) is 4.79 Å². The summed E-state index contributed by atoms with van der Waals surface area (Å²) >= 11 is 0. The van der Waals surface area contributed by atoms with E-state index in [-0.39, 0.29) is 5.56 Å². The predicted molar refractivity (Wildman–Crippen MR) is 77.6 cm³/mol. The summed E-state index contributed by atoms with van der Waals surface area (Å²) in [4.78, 5) is 21.8. The van der Waals surface area contributed by atoms with Gasteiger partial charge in [-0.05, 0) is 19.1 Å². The van der Waals surface area contributed by atoms with E-state index in [0.29, 0.717) is 6.07 Å². The van der Waals surface area contributed by atoms with Crippen LogP contribution < -0.4 is 9.47 Å². The Labute approximate surface area is 138 Å². The number of esters is 1. The predicted octanol–water partition coefficient (Wildman–Crippen LogP) is 3.73. The first-order valence-corrected chi connectivity index (χ1v) is 6.64. The average Bonchev–Trinajstić information content (AvgIpc) is 2.53. The first-order chi connectivity index (χ1) is 11.6. The monoisotopic (exact) mass is 357 g/mol. The van der Waals surface area contributed by atoms with Crippen LogP contribution in [0.25, 0.3) is 0 Å². The SMILES string of the molecule is Cc1c(OC(F)(F)F)cc([N+](=O)[O-])c(O)c1OC(=O)c1ccccc1. The molecule has 0 aliphatic heterocycles. The van der Waals surface area contributed by atoms with Gasteiger partial charge >= 0.3 is 18.0 Å². The summed E-state index contributed by atoms with van der Waals surface area (Å²) in [5, 5.41) is 20.8. The topological polar surface area (TPSA) is 98.9 Å². The minimum atomic E-state index is -5.13. The van der Waals surface area contributed by atoms with Crippen LogP contribution in [0, 0.1) is 17.0 Å². The molecule has 132 valence electrons. The highest BCUT2D eigenvalue weighted by atomic mass is 19.4. The second-order valence-corrected chi connectivity index (χ2v) is 4.76. The number of carbonyl (C=O) groups is 1. The lowest BCUT2D eigenvalue weighted by molar-refractivity contribution is -0.386. The first-order valence-electron chi connectivity index (χ1n) is 6.64. The first kappa shape index (κ1) is 18.0. The molecule has 2 aromatic carbocycles. The Morgan fingerprint density at radius 2 is 1.84 bits per heavy atom. The number of nitro groups is 1. The summed E-state index contributed by atoms with van der Waals surface area (Å²) in [6.45, 7) is 1.05. The summed E-state index contributed by atoms with van der Waals surface area (Å²) in [6, 6.07) is 7.75. The zero-order valence-corrected chi connectivity index (χ0v) is 12.5. The summed E-state index contributed by atoms with van der Waals surface area (Å²) < 4.78 is 45.9. The molecule has 0 aromatic heterocycles. The van der Waals surface area contributed by atoms with Gasteiger partial charge in [0.25, 0.3) is 0 Å². The Morgan fingerprint density at radius 1 is 1.24 bits per heavy atom. The summed E-state index contributed by atoms with van der Waals surface area (Å²) in [5.74, 6) is -3.85. The summed E-state index contributed by atoms with van der Waals surface area (Å²) in [5.41, 5.74) is -1.49. The molecule has 0 aliphatic carbocycles. The Bertz CT molecular complexity index is 820. The van der Waals surface area contributed by atoms with E-state index >= 15 is 0 Å². The van der Waals surface area contributed by atoms with Gasteiger partial charge in [0.15, 0.2) is 5.75 Å². The third-order valence-electron chi connectivity index (χ3n) is 3.06. The van der Waals surface area contributed by atoms with Crippen molar-refractivity contribution < 1.29 is 37.5 Å². The van der Waals surface area contributed by atoms with Crippen LogP contribution in [0.1, 0.15) is 15.9 Å². The number of benzene rings is 2. The number of rotatable bonds is 4. The highest BCUT2D eigenvalue weighted by molar-refractivity contribution is 5.91. The Morgan fingerprint density at radius 3 is 2.36 bits per heavy atom. The van der Waals surface area contributed by atoms with Crippen LogP contribution in [0.3, 0.4) is 0 Å². The molecule has 0 saturated heterocycles. The number of hydrogen-bond acceptors (Lipinski definition) is 6. The van der Waals surface area contributed by atoms with E-state index in [1.807, 2.05) is 0 Å². The lowest BCUT2D eigenvalue weighted by Crippen LogP contribution is -2.18. The van der Waals surface area contributed by atoms with E-state index in [4.69, 9.17) is 4.74 Å². The van der Waals surface area contributed by atoms with E-state index < -0.39 is 45.8 Å². The molecule has 0 heterocycles. The Kier molecular flexibility index (Phi) is 4.82. The van der Waals surface area contributed by atoms with Crippen molar-refractivity contribution in [2.45, 2.75) is 13.3 Å². The van der Waals surface area contributed by atoms with Crippen molar-refractivity contribution in [2.24, 2.45) is 0 Å². The molecule has 0 spiro atoms. The molecule has 0 aliphatic rings. The number of carbonyl (C=O) groups excluding carboxylic acids is 1. The standard InChI is InChI=1S/C15H10F3NO6/c1-8-11(25-15(16,17)18)7-10(19(22)23)12(20)13(8)24-14(21)9-5-3-2-4-6-9/h2-7,20H,1H3. The number of hydrogen-bond donors (Lipinski definition) is 1. The fraction of sp³-hybridized carbons (Fsp3) is 0.133. The van der Waals surface area contributed by atoms with Crippen molar-refractivity contribution >= 4 is 11.7 Å². The zero-order chi connectivity index (χ0) is 18.8. The molecule has 0 bridgehead atoms. The van der Waals surface area contributed by atoms with Crippen molar-refractivity contribution in [1.29, 1.82) is 0 Å². The van der Waals surface area contributed by atoms with Crippen molar-refractivity contribution in [3.05, 3.63) is 57.6 Å². The lowest BCUT2D eigenvalue weighted by Gasteiger charge is -2.15. The maximum Gasteiger partial charge on any atom is 0.573 e. The Hall–Kier alpha value is -3.30. The molecule has 25 heavy (non-hydrogen) atoms. The van der Waals surface area contributed by atoms with E-state index in [1.165, 1.54) is 24.3 Å². The van der Waals surface area contributed by atoms with Gasteiger partial charge in [-0.3, -0.25) is 10.1 Å². The van der Waals surface area contributed by atoms with Crippen LogP contribution >= 0.6 is 0 Å². The molecule has 7 nitrogen and oxygen atoms in total. The minimum absolute atomic E-state index is 0.0334. The van der Waals surface area contributed by atoms with Gasteiger partial charge in [0.05, 0.1) is 16.6 Å². The summed E-state index contributed by atoms with van der Waals surface area (Å²) in [7, 11) is 0. The molecule has 0 atom stereocenters. The summed E-state index contributed by atoms with van der Waals surface area (Å²) in [6.07, 6.45) is -5.13. The van der Waals surface area contributed by atoms with Crippen molar-refractivity contribution in [3.63, 3.8) is 0 Å². The number of ether oxygens (including phenoxy) is 2. The molecule has 0 unspecified atom stereocenters. The third-order valence-corrected chi connectivity index (χ3v) is 3.06. The smallest absolute Gasteiger partial charge is 0.499 e. The van der Waals surface area contributed by atoms with E-state index in [1.54, 1.807) is 6.07 Å². The highest BCUT2D eigenvalue weighted by Gasteiger charge is 2.35. The second-order valence-electron chi connectivity index (χ2n) is 4.76. The quantitative estimate of drug-likeness (QED) is 0.387. The fourth-order valence-corrected chi connectivity index (χ4v) is 1.93. The highest BCUT2D eigenvalue weighted by Crippen LogP contribution is 2.45. The van der Waals surface area contributed by atoms with E-state index in [0.717, 1.165) is 6.92 Å². The number of phenolic OH excluding ortho intramolecular Hbond substituents is 1. The van der Waals surface area contributed by atoms with Crippen LogP contribution in [0.2, 0.25) is 0 Å². The van der Waals surface area contributed by atoms with Gasteiger partial charge in [0.2, 0.25) is 5.75 Å². The Balaban J connectivity index is 2.51.